The molecule has 0 aliphatic carbocycles. The molecule has 104 valence electrons. The van der Waals surface area contributed by atoms with E-state index in [4.69, 9.17) is 17.3 Å². The summed E-state index contributed by atoms with van der Waals surface area (Å²) in [5.41, 5.74) is 6.19. The molecule has 0 heterocycles. The van der Waals surface area contributed by atoms with Crippen molar-refractivity contribution in [2.75, 3.05) is 0 Å². The molecule has 0 aliphatic rings. The van der Waals surface area contributed by atoms with Crippen LogP contribution in [0.5, 0.6) is 0 Å². The molecule has 1 aromatic carbocycles. The molecular formula is C12H17ClN4O2. The van der Waals surface area contributed by atoms with Gasteiger partial charge in [0.05, 0.1) is 16.5 Å². The lowest BCUT2D eigenvalue weighted by atomic mass is 10.1. The fourth-order valence-electron chi connectivity index (χ4n) is 1.37. The number of nitro benzene ring substituents is 1. The van der Waals surface area contributed by atoms with Crippen molar-refractivity contribution in [3.63, 3.8) is 0 Å². The molecule has 0 atom stereocenters. The number of nitrogens with one attached hydrogen (secondary N) is 1. The standard InChI is InChI=1S/C12H17ClN4O2/c1-12(2,3)16-11(14)15-7-8-4-5-9(17(18)19)6-10(8)13/h4-6H,7H2,1-3H3,(H3,14,15,16). The third-order valence-electron chi connectivity index (χ3n) is 2.17. The summed E-state index contributed by atoms with van der Waals surface area (Å²) in [5, 5.41) is 13.9. The number of nitrogens with two attached hydrogens (primary N) is 1. The number of halogens is 1. The van der Waals surface area contributed by atoms with Crippen LogP contribution in [-0.4, -0.2) is 16.4 Å². The lowest BCUT2D eigenvalue weighted by Crippen LogP contribution is -2.44. The van der Waals surface area contributed by atoms with Crippen molar-refractivity contribution in [2.24, 2.45) is 10.7 Å². The summed E-state index contributed by atoms with van der Waals surface area (Å²) in [6, 6.07) is 4.28. The molecule has 0 radical (unpaired) electrons. The predicted octanol–water partition coefficient (Wildman–Crippen LogP) is 2.45. The quantitative estimate of drug-likeness (QED) is 0.386. The van der Waals surface area contributed by atoms with Gasteiger partial charge in [-0.15, -0.1) is 0 Å². The Kier molecular flexibility index (Phi) is 4.72. The normalized spacial score (nSPS) is 12.3. The third kappa shape index (κ3) is 5.13. The van der Waals surface area contributed by atoms with E-state index >= 15 is 0 Å². The van der Waals surface area contributed by atoms with Gasteiger partial charge in [-0.3, -0.25) is 10.1 Å². The van der Waals surface area contributed by atoms with Crippen LogP contribution < -0.4 is 11.1 Å². The Morgan fingerprint density at radius 3 is 2.63 bits per heavy atom. The Morgan fingerprint density at radius 1 is 1.53 bits per heavy atom. The van der Waals surface area contributed by atoms with Gasteiger partial charge in [0.15, 0.2) is 5.96 Å². The van der Waals surface area contributed by atoms with Crippen molar-refractivity contribution < 1.29 is 4.92 Å². The maximum atomic E-state index is 10.6. The summed E-state index contributed by atoms with van der Waals surface area (Å²) in [7, 11) is 0. The minimum absolute atomic E-state index is 0.0430. The molecule has 1 rings (SSSR count). The van der Waals surface area contributed by atoms with Gasteiger partial charge in [0.2, 0.25) is 0 Å². The van der Waals surface area contributed by atoms with Crippen LogP contribution in [0.3, 0.4) is 0 Å². The number of hydrogen-bond donors (Lipinski definition) is 2. The number of nitrogens with zero attached hydrogens (tertiary/aromatic N) is 2. The van der Waals surface area contributed by atoms with E-state index in [0.29, 0.717) is 16.5 Å². The number of benzene rings is 1. The first kappa shape index (κ1) is 15.2. The van der Waals surface area contributed by atoms with E-state index in [-0.39, 0.29) is 17.8 Å². The highest BCUT2D eigenvalue weighted by Gasteiger charge is 2.11. The highest BCUT2D eigenvalue weighted by molar-refractivity contribution is 6.31. The summed E-state index contributed by atoms with van der Waals surface area (Å²) in [6.45, 7) is 6.17. The molecule has 0 fully saturated rings. The molecule has 1 aromatic rings. The molecule has 19 heavy (non-hydrogen) atoms. The first-order valence-corrected chi connectivity index (χ1v) is 6.08. The van der Waals surface area contributed by atoms with Crippen LogP contribution in [0.25, 0.3) is 0 Å². The molecule has 0 aromatic heterocycles. The largest absolute Gasteiger partial charge is 0.370 e. The Bertz CT molecular complexity index is 509. The highest BCUT2D eigenvalue weighted by atomic mass is 35.5. The first-order chi connectivity index (χ1) is 8.69. The van der Waals surface area contributed by atoms with Crippen molar-refractivity contribution in [1.82, 2.24) is 5.32 Å². The van der Waals surface area contributed by atoms with Crippen LogP contribution in [0.1, 0.15) is 26.3 Å². The molecule has 0 unspecified atom stereocenters. The topological polar surface area (TPSA) is 93.5 Å². The minimum Gasteiger partial charge on any atom is -0.370 e. The molecule has 0 spiro atoms. The molecule has 0 bridgehead atoms. The summed E-state index contributed by atoms with van der Waals surface area (Å²) in [6.07, 6.45) is 0. The monoisotopic (exact) mass is 284 g/mol. The van der Waals surface area contributed by atoms with Crippen LogP contribution in [-0.2, 0) is 6.54 Å². The van der Waals surface area contributed by atoms with Gasteiger partial charge in [-0.05, 0) is 32.4 Å². The average Bonchev–Trinajstić information content (AvgIpc) is 2.24. The second-order valence-corrected chi connectivity index (χ2v) is 5.52. The lowest BCUT2D eigenvalue weighted by molar-refractivity contribution is -0.384. The molecular weight excluding hydrogens is 268 g/mol. The van der Waals surface area contributed by atoms with E-state index < -0.39 is 4.92 Å². The van der Waals surface area contributed by atoms with Gasteiger partial charge in [0.1, 0.15) is 0 Å². The Balaban J connectivity index is 2.78. The van der Waals surface area contributed by atoms with Gasteiger partial charge in [-0.1, -0.05) is 11.6 Å². The SMILES string of the molecule is CC(C)(C)NC(N)=NCc1ccc([N+](=O)[O-])cc1Cl. The van der Waals surface area contributed by atoms with Gasteiger partial charge in [-0.25, -0.2) is 4.99 Å². The predicted molar refractivity (Wildman–Crippen MR) is 76.3 cm³/mol. The van der Waals surface area contributed by atoms with Crippen LogP contribution in [0, 0.1) is 10.1 Å². The number of non-ortho nitro benzene ring substituents is 1. The van der Waals surface area contributed by atoms with Crippen molar-refractivity contribution >= 4 is 23.2 Å². The zero-order valence-corrected chi connectivity index (χ0v) is 11.9. The molecule has 3 N–H and O–H groups in total. The van der Waals surface area contributed by atoms with E-state index in [2.05, 4.69) is 10.3 Å². The summed E-state index contributed by atoms with van der Waals surface area (Å²) >= 11 is 5.96. The van der Waals surface area contributed by atoms with Crippen LogP contribution >= 0.6 is 11.6 Å². The van der Waals surface area contributed by atoms with E-state index in [1.165, 1.54) is 12.1 Å². The van der Waals surface area contributed by atoms with Gasteiger partial charge < -0.3 is 11.1 Å². The van der Waals surface area contributed by atoms with Crippen molar-refractivity contribution in [3.05, 3.63) is 38.9 Å². The number of aliphatic imine (C=N–C) groups is 1. The number of hydrogen-bond acceptors (Lipinski definition) is 3. The van der Waals surface area contributed by atoms with Gasteiger partial charge in [0, 0.05) is 17.7 Å². The zero-order chi connectivity index (χ0) is 14.6. The maximum Gasteiger partial charge on any atom is 0.270 e. The highest BCUT2D eigenvalue weighted by Crippen LogP contribution is 2.22. The molecule has 0 saturated heterocycles. The van der Waals surface area contributed by atoms with E-state index in [9.17, 15) is 10.1 Å². The fourth-order valence-corrected chi connectivity index (χ4v) is 1.61. The first-order valence-electron chi connectivity index (χ1n) is 5.70. The smallest absolute Gasteiger partial charge is 0.270 e. The average molecular weight is 285 g/mol. The Hall–Kier alpha value is -1.82. The molecule has 0 saturated carbocycles. The fraction of sp³-hybridized carbons (Fsp3) is 0.417. The van der Waals surface area contributed by atoms with E-state index in [0.717, 1.165) is 0 Å². The lowest BCUT2D eigenvalue weighted by Gasteiger charge is -2.21. The van der Waals surface area contributed by atoms with Crippen molar-refractivity contribution in [2.45, 2.75) is 32.9 Å². The van der Waals surface area contributed by atoms with Crippen molar-refractivity contribution in [1.29, 1.82) is 0 Å². The Labute approximate surface area is 116 Å². The van der Waals surface area contributed by atoms with E-state index in [1.54, 1.807) is 6.07 Å². The third-order valence-corrected chi connectivity index (χ3v) is 2.52. The van der Waals surface area contributed by atoms with Crippen LogP contribution in [0.2, 0.25) is 5.02 Å². The van der Waals surface area contributed by atoms with Crippen LogP contribution in [0.15, 0.2) is 23.2 Å². The number of guanidine groups is 1. The second kappa shape index (κ2) is 5.88. The summed E-state index contributed by atoms with van der Waals surface area (Å²) in [5.74, 6) is 0.307. The molecule has 0 aliphatic heterocycles. The van der Waals surface area contributed by atoms with E-state index in [1.807, 2.05) is 20.8 Å². The molecule has 6 nitrogen and oxygen atoms in total. The zero-order valence-electron chi connectivity index (χ0n) is 11.1. The minimum atomic E-state index is -0.492. The second-order valence-electron chi connectivity index (χ2n) is 5.11. The molecule has 7 heteroatoms. The summed E-state index contributed by atoms with van der Waals surface area (Å²) in [4.78, 5) is 14.2. The van der Waals surface area contributed by atoms with Crippen LogP contribution in [0.4, 0.5) is 5.69 Å². The van der Waals surface area contributed by atoms with Crippen molar-refractivity contribution in [3.8, 4) is 0 Å². The Morgan fingerprint density at radius 2 is 2.16 bits per heavy atom. The number of nitro groups is 1. The molecule has 0 amide bonds. The maximum absolute atomic E-state index is 10.6. The summed E-state index contributed by atoms with van der Waals surface area (Å²) < 4.78 is 0. The van der Waals surface area contributed by atoms with Gasteiger partial charge in [0.25, 0.3) is 5.69 Å². The van der Waals surface area contributed by atoms with Gasteiger partial charge >= 0.3 is 0 Å². The number of rotatable bonds is 3. The van der Waals surface area contributed by atoms with Gasteiger partial charge in [-0.2, -0.15) is 0 Å².